The highest BCUT2D eigenvalue weighted by atomic mass is 16.3. The Morgan fingerprint density at radius 3 is 2.13 bits per heavy atom. The molecule has 0 aromatic heterocycles. The van der Waals surface area contributed by atoms with Crippen LogP contribution in [0.15, 0.2) is 12.1 Å². The van der Waals surface area contributed by atoms with E-state index < -0.39 is 5.75 Å². The molecule has 1 saturated carbocycles. The third-order valence-electron chi connectivity index (χ3n) is 3.41. The quantitative estimate of drug-likeness (QED) is 0.524. The molecule has 0 aliphatic heterocycles. The Kier molecular flexibility index (Phi) is 1.88. The fourth-order valence-electron chi connectivity index (χ4n) is 2.11. The zero-order chi connectivity index (χ0) is 11.4. The summed E-state index contributed by atoms with van der Waals surface area (Å²) < 4.78 is 0. The van der Waals surface area contributed by atoms with Crippen LogP contribution in [0.4, 0.5) is 0 Å². The van der Waals surface area contributed by atoms with Crippen LogP contribution in [0, 0.1) is 5.41 Å². The van der Waals surface area contributed by atoms with Gasteiger partial charge >= 0.3 is 0 Å². The normalized spacial score (nSPS) is 27.7. The smallest absolute Gasteiger partial charge is 0.200 e. The Balaban J connectivity index is 2.44. The summed E-state index contributed by atoms with van der Waals surface area (Å²) in [6.07, 6.45) is 0. The van der Waals surface area contributed by atoms with Crippen LogP contribution in [0.3, 0.4) is 0 Å². The average molecular weight is 209 g/mol. The number of phenolic OH excluding ortho intramolecular Hbond substituents is 3. The first-order valence-corrected chi connectivity index (χ1v) is 4.86. The highest BCUT2D eigenvalue weighted by Crippen LogP contribution is 2.60. The second-order valence-electron chi connectivity index (χ2n) is 4.70. The van der Waals surface area contributed by atoms with Gasteiger partial charge in [0.15, 0.2) is 11.5 Å². The van der Waals surface area contributed by atoms with E-state index in [4.69, 9.17) is 5.73 Å². The van der Waals surface area contributed by atoms with Crippen molar-refractivity contribution in [2.24, 2.45) is 11.1 Å². The van der Waals surface area contributed by atoms with Gasteiger partial charge in [-0.2, -0.15) is 0 Å². The number of rotatable bonds is 1. The molecule has 1 aliphatic rings. The first-order valence-electron chi connectivity index (χ1n) is 4.86. The molecule has 2 rings (SSSR count). The predicted octanol–water partition coefficient (Wildman–Crippen LogP) is 1.25. The molecule has 0 spiro atoms. The Bertz CT molecular complexity index is 415. The molecule has 4 heteroatoms. The Hall–Kier alpha value is -1.42. The Labute approximate surface area is 88.0 Å². The van der Waals surface area contributed by atoms with Crippen molar-refractivity contribution in [1.29, 1.82) is 0 Å². The standard InChI is InChI=1S/C11H15NO3/c1-11(2)7(10(11)12)5-3-4-6(13)9(15)8(5)14/h3-4,7,10,13-15H,12H2,1-2H3/t7-,10-/m0/s1. The van der Waals surface area contributed by atoms with Gasteiger partial charge in [0.05, 0.1) is 0 Å². The summed E-state index contributed by atoms with van der Waals surface area (Å²) in [4.78, 5) is 0. The molecule has 1 aromatic rings. The fourth-order valence-corrected chi connectivity index (χ4v) is 2.11. The van der Waals surface area contributed by atoms with E-state index in [0.29, 0.717) is 5.56 Å². The molecular formula is C11H15NO3. The molecule has 0 heterocycles. The van der Waals surface area contributed by atoms with Gasteiger partial charge in [0, 0.05) is 17.5 Å². The van der Waals surface area contributed by atoms with Gasteiger partial charge in [0.2, 0.25) is 5.75 Å². The van der Waals surface area contributed by atoms with E-state index in [2.05, 4.69) is 0 Å². The van der Waals surface area contributed by atoms with Gasteiger partial charge in [-0.25, -0.2) is 0 Å². The molecule has 5 N–H and O–H groups in total. The molecule has 82 valence electrons. The van der Waals surface area contributed by atoms with Crippen molar-refractivity contribution in [2.45, 2.75) is 25.8 Å². The highest BCUT2D eigenvalue weighted by molar-refractivity contribution is 5.56. The minimum absolute atomic E-state index is 0.0210. The lowest BCUT2D eigenvalue weighted by Crippen LogP contribution is -2.06. The van der Waals surface area contributed by atoms with Gasteiger partial charge in [-0.3, -0.25) is 0 Å². The number of aromatic hydroxyl groups is 3. The molecule has 0 unspecified atom stereocenters. The highest BCUT2D eigenvalue weighted by Gasteiger charge is 2.57. The number of benzene rings is 1. The van der Waals surface area contributed by atoms with Gasteiger partial charge < -0.3 is 21.1 Å². The van der Waals surface area contributed by atoms with E-state index in [0.717, 1.165) is 0 Å². The summed E-state index contributed by atoms with van der Waals surface area (Å²) in [5.74, 6) is -1.02. The van der Waals surface area contributed by atoms with Crippen molar-refractivity contribution >= 4 is 0 Å². The first kappa shape index (κ1) is 10.1. The molecule has 0 amide bonds. The molecule has 15 heavy (non-hydrogen) atoms. The van der Waals surface area contributed by atoms with Gasteiger partial charge in [-0.15, -0.1) is 0 Å². The lowest BCUT2D eigenvalue weighted by Gasteiger charge is -2.08. The predicted molar refractivity (Wildman–Crippen MR) is 55.9 cm³/mol. The van der Waals surface area contributed by atoms with E-state index in [1.54, 1.807) is 6.07 Å². The maximum absolute atomic E-state index is 9.67. The molecule has 4 nitrogen and oxygen atoms in total. The van der Waals surface area contributed by atoms with E-state index in [-0.39, 0.29) is 28.9 Å². The SMILES string of the molecule is CC1(C)[C@@H](N)[C@@H]1c1ccc(O)c(O)c1O. The van der Waals surface area contributed by atoms with Crippen molar-refractivity contribution in [3.63, 3.8) is 0 Å². The average Bonchev–Trinajstić information content (AvgIpc) is 2.64. The summed E-state index contributed by atoms with van der Waals surface area (Å²) >= 11 is 0. The molecule has 0 bridgehead atoms. The van der Waals surface area contributed by atoms with E-state index in [9.17, 15) is 15.3 Å². The van der Waals surface area contributed by atoms with Gasteiger partial charge in [-0.1, -0.05) is 19.9 Å². The van der Waals surface area contributed by atoms with Crippen LogP contribution in [0.25, 0.3) is 0 Å². The summed E-state index contributed by atoms with van der Waals surface area (Å²) in [6.45, 7) is 4.01. The van der Waals surface area contributed by atoms with Crippen molar-refractivity contribution in [3.05, 3.63) is 17.7 Å². The maximum atomic E-state index is 9.67. The monoisotopic (exact) mass is 209 g/mol. The molecule has 1 aliphatic carbocycles. The van der Waals surface area contributed by atoms with Crippen molar-refractivity contribution in [3.8, 4) is 17.2 Å². The number of hydrogen-bond acceptors (Lipinski definition) is 4. The summed E-state index contributed by atoms with van der Waals surface area (Å²) in [5.41, 5.74) is 6.41. The lowest BCUT2D eigenvalue weighted by molar-refractivity contribution is 0.364. The van der Waals surface area contributed by atoms with Crippen molar-refractivity contribution < 1.29 is 15.3 Å². The summed E-state index contributed by atoms with van der Waals surface area (Å²) in [6, 6.07) is 2.95. The largest absolute Gasteiger partial charge is 0.504 e. The van der Waals surface area contributed by atoms with Crippen LogP contribution in [0.2, 0.25) is 0 Å². The minimum Gasteiger partial charge on any atom is -0.504 e. The van der Waals surface area contributed by atoms with Crippen LogP contribution >= 0.6 is 0 Å². The molecule has 0 radical (unpaired) electrons. The van der Waals surface area contributed by atoms with E-state index >= 15 is 0 Å². The maximum Gasteiger partial charge on any atom is 0.200 e. The lowest BCUT2D eigenvalue weighted by atomic mass is 10.0. The number of hydrogen-bond donors (Lipinski definition) is 4. The second kappa shape index (κ2) is 2.79. The first-order chi connectivity index (χ1) is 6.87. The fraction of sp³-hybridized carbons (Fsp3) is 0.455. The molecule has 1 aromatic carbocycles. The Morgan fingerprint density at radius 2 is 1.67 bits per heavy atom. The van der Waals surface area contributed by atoms with Crippen LogP contribution in [0.5, 0.6) is 17.2 Å². The molecule has 2 atom stereocenters. The van der Waals surface area contributed by atoms with Crippen molar-refractivity contribution in [1.82, 2.24) is 0 Å². The second-order valence-corrected chi connectivity index (χ2v) is 4.70. The van der Waals surface area contributed by atoms with Crippen LogP contribution in [-0.2, 0) is 0 Å². The summed E-state index contributed by atoms with van der Waals surface area (Å²) in [7, 11) is 0. The summed E-state index contributed by atoms with van der Waals surface area (Å²) in [5, 5.41) is 28.2. The van der Waals surface area contributed by atoms with E-state index in [1.165, 1.54) is 6.07 Å². The van der Waals surface area contributed by atoms with Crippen LogP contribution < -0.4 is 5.73 Å². The number of nitrogens with two attached hydrogens (primary N) is 1. The third-order valence-corrected chi connectivity index (χ3v) is 3.41. The zero-order valence-electron chi connectivity index (χ0n) is 8.73. The van der Waals surface area contributed by atoms with E-state index in [1.807, 2.05) is 13.8 Å². The van der Waals surface area contributed by atoms with Gasteiger partial charge in [0.25, 0.3) is 0 Å². The minimum atomic E-state index is -0.470. The van der Waals surface area contributed by atoms with Gasteiger partial charge in [0.1, 0.15) is 0 Å². The topological polar surface area (TPSA) is 86.7 Å². The van der Waals surface area contributed by atoms with Gasteiger partial charge in [-0.05, 0) is 11.5 Å². The number of phenols is 3. The van der Waals surface area contributed by atoms with Crippen LogP contribution in [0.1, 0.15) is 25.3 Å². The van der Waals surface area contributed by atoms with Crippen molar-refractivity contribution in [2.75, 3.05) is 0 Å². The Morgan fingerprint density at radius 1 is 1.13 bits per heavy atom. The molecule has 1 fully saturated rings. The third kappa shape index (κ3) is 1.25. The zero-order valence-corrected chi connectivity index (χ0v) is 8.73. The van der Waals surface area contributed by atoms with Crippen LogP contribution in [-0.4, -0.2) is 21.4 Å². The molecular weight excluding hydrogens is 194 g/mol. The molecule has 0 saturated heterocycles.